The molecule has 0 saturated carbocycles. The highest BCUT2D eigenvalue weighted by Crippen LogP contribution is 2.20. The molecule has 0 saturated heterocycles. The number of para-hydroxylation sites is 1. The largest absolute Gasteiger partial charge is 0.306 e. The number of nitrogens with zero attached hydrogens (tertiary/aromatic N) is 2. The van der Waals surface area contributed by atoms with Crippen LogP contribution in [0.1, 0.15) is 0 Å². The molecule has 0 amide bonds. The van der Waals surface area contributed by atoms with Gasteiger partial charge in [-0.1, -0.05) is 31.0 Å². The maximum Gasteiger partial charge on any atom is 0.0494 e. The van der Waals surface area contributed by atoms with Crippen molar-refractivity contribution in [3.8, 4) is 0 Å². The molecule has 1 heterocycles. The number of rotatable bonds is 1. The third-order valence-corrected chi connectivity index (χ3v) is 1.66. The molecule has 0 atom stereocenters. The van der Waals surface area contributed by atoms with Gasteiger partial charge in [0.15, 0.2) is 0 Å². The van der Waals surface area contributed by atoms with E-state index in [0.717, 1.165) is 11.3 Å². The third-order valence-electron chi connectivity index (χ3n) is 1.66. The smallest absolute Gasteiger partial charge is 0.0494 e. The van der Waals surface area contributed by atoms with Crippen molar-refractivity contribution in [2.45, 2.75) is 0 Å². The summed E-state index contributed by atoms with van der Waals surface area (Å²) >= 11 is 0. The Kier molecular flexibility index (Phi) is 1.59. The number of hydrogen-bond acceptors (Lipinski definition) is 2. The molecule has 0 N–H and O–H groups in total. The van der Waals surface area contributed by atoms with Gasteiger partial charge in [-0.2, -0.15) is 12.2 Å². The van der Waals surface area contributed by atoms with Crippen molar-refractivity contribution in [1.29, 1.82) is 0 Å². The summed E-state index contributed by atoms with van der Waals surface area (Å²) in [6.45, 7) is 5.68. The fourth-order valence-corrected chi connectivity index (χ4v) is 1.08. The Balaban J connectivity index is 2.23. The maximum atomic E-state index is 4.14. The lowest BCUT2D eigenvalue weighted by Crippen LogP contribution is -2.06. The molecule has 0 unspecified atom stereocenters. The first-order chi connectivity index (χ1) is 5.86. The molecule has 0 radical (unpaired) electrons. The van der Waals surface area contributed by atoms with Gasteiger partial charge in [0, 0.05) is 5.69 Å². The summed E-state index contributed by atoms with van der Waals surface area (Å²) in [5.74, 6) is 0. The lowest BCUT2D eigenvalue weighted by Gasteiger charge is -2.17. The van der Waals surface area contributed by atoms with Gasteiger partial charge in [0.1, 0.15) is 0 Å². The van der Waals surface area contributed by atoms with E-state index in [1.807, 2.05) is 41.9 Å². The van der Waals surface area contributed by atoms with E-state index in [9.17, 15) is 0 Å². The molecule has 0 aliphatic carbocycles. The van der Waals surface area contributed by atoms with Crippen LogP contribution in [0.15, 0.2) is 47.6 Å². The van der Waals surface area contributed by atoms with E-state index in [4.69, 9.17) is 0 Å². The summed E-state index contributed by atoms with van der Waals surface area (Å²) in [6.07, 6.45) is 1.74. The van der Waals surface area contributed by atoms with Crippen LogP contribution >= 0.6 is 0 Å². The van der Waals surface area contributed by atoms with Crippen LogP contribution < -0.4 is 5.01 Å². The first-order valence-electron chi connectivity index (χ1n) is 3.78. The second-order valence-corrected chi connectivity index (χ2v) is 2.63. The fourth-order valence-electron chi connectivity index (χ4n) is 1.08. The minimum atomic E-state index is 0.929. The topological polar surface area (TPSA) is 15.6 Å². The van der Waals surface area contributed by atoms with Crippen LogP contribution in [-0.2, 0) is 0 Å². The summed E-state index contributed by atoms with van der Waals surface area (Å²) in [6, 6.07) is 9.97. The monoisotopic (exact) mass is 157 g/mol. The highest BCUT2D eigenvalue weighted by Gasteiger charge is 2.02. The van der Waals surface area contributed by atoms with Crippen LogP contribution in [0.5, 0.6) is 0 Å². The van der Waals surface area contributed by atoms with E-state index >= 15 is 0 Å². The van der Waals surface area contributed by atoms with Crippen molar-refractivity contribution < 1.29 is 0 Å². The molecule has 1 aromatic rings. The Morgan fingerprint density at radius 1 is 1.25 bits per heavy atom. The summed E-state index contributed by atoms with van der Waals surface area (Å²) in [4.78, 5) is 0. The van der Waals surface area contributed by atoms with E-state index in [1.165, 1.54) is 0 Å². The lowest BCUT2D eigenvalue weighted by atomic mass is 10.3. The van der Waals surface area contributed by atoms with Gasteiger partial charge in [0.2, 0.25) is 0 Å². The molecule has 0 fully saturated rings. The van der Waals surface area contributed by atoms with Crippen molar-refractivity contribution in [3.63, 3.8) is 0 Å². The standard InChI is InChI=1S/C10H9N2/c1-9-7-11-12(8-9)10-5-3-2-4-6-10/h2-8H,1H2/q-1. The Labute approximate surface area is 71.8 Å². The number of hydrogen-bond donors (Lipinski definition) is 0. The zero-order valence-electron chi connectivity index (χ0n) is 6.64. The van der Waals surface area contributed by atoms with Crippen molar-refractivity contribution in [1.82, 2.24) is 0 Å². The number of hydrazone groups is 1. The lowest BCUT2D eigenvalue weighted by molar-refractivity contribution is 1.06. The third kappa shape index (κ3) is 1.19. The zero-order valence-corrected chi connectivity index (χ0v) is 6.64. The molecule has 12 heavy (non-hydrogen) atoms. The molecule has 2 rings (SSSR count). The first kappa shape index (κ1) is 6.98. The average Bonchev–Trinajstić information content (AvgIpc) is 2.54. The van der Waals surface area contributed by atoms with Gasteiger partial charge in [-0.25, -0.2) is 0 Å². The molecular weight excluding hydrogens is 148 g/mol. The summed E-state index contributed by atoms with van der Waals surface area (Å²) in [5, 5.41) is 5.95. The van der Waals surface area contributed by atoms with Crippen LogP contribution in [0, 0.1) is 6.54 Å². The van der Waals surface area contributed by atoms with Gasteiger partial charge in [0.25, 0.3) is 0 Å². The Bertz CT molecular complexity index is 314. The number of anilines is 1. The molecule has 2 nitrogen and oxygen atoms in total. The van der Waals surface area contributed by atoms with Crippen LogP contribution in [-0.4, -0.2) is 6.21 Å². The average molecular weight is 157 g/mol. The van der Waals surface area contributed by atoms with E-state index in [2.05, 4.69) is 11.7 Å². The van der Waals surface area contributed by atoms with Crippen LogP contribution in [0.3, 0.4) is 0 Å². The van der Waals surface area contributed by atoms with Crippen molar-refractivity contribution >= 4 is 11.9 Å². The van der Waals surface area contributed by atoms with Crippen molar-refractivity contribution in [2.24, 2.45) is 5.10 Å². The SMILES string of the molecule is C=C1C=NN(c2ccccc2)[CH-]1. The van der Waals surface area contributed by atoms with Crippen molar-refractivity contribution in [2.75, 3.05) is 5.01 Å². The van der Waals surface area contributed by atoms with E-state index < -0.39 is 0 Å². The van der Waals surface area contributed by atoms with Gasteiger partial charge >= 0.3 is 0 Å². The first-order valence-corrected chi connectivity index (χ1v) is 3.78. The molecule has 60 valence electrons. The zero-order chi connectivity index (χ0) is 8.39. The highest BCUT2D eigenvalue weighted by atomic mass is 15.5. The second kappa shape index (κ2) is 2.74. The minimum absolute atomic E-state index is 0.929. The Hall–Kier alpha value is -1.70. The van der Waals surface area contributed by atoms with Crippen molar-refractivity contribution in [3.05, 3.63) is 49.0 Å². The van der Waals surface area contributed by atoms with Gasteiger partial charge < -0.3 is 5.01 Å². The maximum absolute atomic E-state index is 4.14. The van der Waals surface area contributed by atoms with Gasteiger partial charge in [-0.05, 0) is 12.1 Å². The molecule has 1 aliphatic heterocycles. The van der Waals surface area contributed by atoms with Gasteiger partial charge in [-0.15, -0.1) is 0 Å². The molecule has 0 aromatic heterocycles. The van der Waals surface area contributed by atoms with Crippen LogP contribution in [0.25, 0.3) is 0 Å². The highest BCUT2D eigenvalue weighted by molar-refractivity contribution is 5.86. The minimum Gasteiger partial charge on any atom is -0.306 e. The van der Waals surface area contributed by atoms with Crippen LogP contribution in [0.2, 0.25) is 0 Å². The van der Waals surface area contributed by atoms with E-state index in [-0.39, 0.29) is 0 Å². The predicted molar refractivity (Wildman–Crippen MR) is 50.9 cm³/mol. The molecule has 0 spiro atoms. The quantitative estimate of drug-likeness (QED) is 0.570. The Morgan fingerprint density at radius 2 is 2.00 bits per heavy atom. The summed E-state index contributed by atoms with van der Waals surface area (Å²) in [7, 11) is 0. The second-order valence-electron chi connectivity index (χ2n) is 2.63. The molecular formula is C10H9N2-. The fraction of sp³-hybridized carbons (Fsp3) is 0. The summed E-state index contributed by atoms with van der Waals surface area (Å²) < 4.78 is 0. The van der Waals surface area contributed by atoms with Gasteiger partial charge in [-0.3, -0.25) is 5.10 Å². The molecule has 2 heteroatoms. The molecule has 0 bridgehead atoms. The summed E-state index contributed by atoms with van der Waals surface area (Å²) in [5.41, 5.74) is 1.99. The molecule has 1 aliphatic rings. The molecule has 1 aromatic carbocycles. The Morgan fingerprint density at radius 3 is 2.58 bits per heavy atom. The predicted octanol–water partition coefficient (Wildman–Crippen LogP) is 2.21. The van der Waals surface area contributed by atoms with E-state index in [1.54, 1.807) is 6.21 Å². The van der Waals surface area contributed by atoms with Crippen LogP contribution in [0.4, 0.5) is 5.69 Å². The number of benzene rings is 1. The van der Waals surface area contributed by atoms with Gasteiger partial charge in [0.05, 0.1) is 0 Å². The normalized spacial score (nSPS) is 15.0. The van der Waals surface area contributed by atoms with E-state index in [0.29, 0.717) is 0 Å².